The van der Waals surface area contributed by atoms with Crippen LogP contribution in [-0.2, 0) is 0 Å². The highest BCUT2D eigenvalue weighted by Crippen LogP contribution is 2.18. The molecule has 0 saturated carbocycles. The van der Waals surface area contributed by atoms with E-state index in [9.17, 15) is 0 Å². The van der Waals surface area contributed by atoms with Gasteiger partial charge in [0.2, 0.25) is 0 Å². The summed E-state index contributed by atoms with van der Waals surface area (Å²) in [5.74, 6) is 2.26. The smallest absolute Gasteiger partial charge is 0.251 e. The lowest BCUT2D eigenvalue weighted by molar-refractivity contribution is 0.811. The number of nitrogens with zero attached hydrogens (tertiary/aromatic N) is 4. The lowest BCUT2D eigenvalue weighted by Gasteiger charge is -2.02. The number of H-pyrrole nitrogens is 1. The molecule has 2 heterocycles. The molecule has 0 saturated heterocycles. The van der Waals surface area contributed by atoms with Crippen molar-refractivity contribution >= 4 is 23.3 Å². The van der Waals surface area contributed by atoms with Gasteiger partial charge in [0.15, 0.2) is 5.82 Å². The lowest BCUT2D eigenvalue weighted by atomic mass is 10.1. The number of hydrogen-bond donors (Lipinski definition) is 2. The summed E-state index contributed by atoms with van der Waals surface area (Å²) < 4.78 is 0. The van der Waals surface area contributed by atoms with Gasteiger partial charge < -0.3 is 5.32 Å². The van der Waals surface area contributed by atoms with Crippen molar-refractivity contribution in [2.45, 2.75) is 40.0 Å². The number of aromatic amines is 1. The molecule has 2 aromatic rings. The summed E-state index contributed by atoms with van der Waals surface area (Å²) >= 11 is 0. The SMILES string of the molecule is C/C=C\C(CC)=Nc1nccc(Nc2cc(C(C)C)[nH]n2)n1. The molecule has 2 N–H and O–H groups in total. The molecule has 0 radical (unpaired) electrons. The summed E-state index contributed by atoms with van der Waals surface area (Å²) in [5, 5.41) is 10.4. The van der Waals surface area contributed by atoms with Crippen LogP contribution in [0.25, 0.3) is 0 Å². The van der Waals surface area contributed by atoms with Crippen molar-refractivity contribution in [1.82, 2.24) is 20.2 Å². The van der Waals surface area contributed by atoms with Crippen molar-refractivity contribution in [3.8, 4) is 0 Å². The molecular weight excluding hydrogens is 276 g/mol. The molecule has 0 aliphatic heterocycles. The van der Waals surface area contributed by atoms with Crippen LogP contribution in [0.2, 0.25) is 0 Å². The molecule has 0 bridgehead atoms. The van der Waals surface area contributed by atoms with Gasteiger partial charge in [0.25, 0.3) is 5.95 Å². The van der Waals surface area contributed by atoms with E-state index in [0.717, 1.165) is 23.6 Å². The molecule has 0 atom stereocenters. The van der Waals surface area contributed by atoms with Gasteiger partial charge in [-0.15, -0.1) is 0 Å². The topological polar surface area (TPSA) is 78.9 Å². The molecule has 0 aliphatic carbocycles. The first-order valence-electron chi connectivity index (χ1n) is 7.48. The summed E-state index contributed by atoms with van der Waals surface area (Å²) in [6, 6.07) is 3.77. The largest absolute Gasteiger partial charge is 0.323 e. The number of allylic oxidation sites excluding steroid dienone is 2. The van der Waals surface area contributed by atoms with Crippen LogP contribution in [0.4, 0.5) is 17.6 Å². The molecule has 0 aromatic carbocycles. The van der Waals surface area contributed by atoms with Crippen LogP contribution < -0.4 is 5.32 Å². The molecule has 0 amide bonds. The highest BCUT2D eigenvalue weighted by molar-refractivity contribution is 5.95. The Morgan fingerprint density at radius 3 is 2.86 bits per heavy atom. The third-order valence-corrected chi connectivity index (χ3v) is 3.08. The van der Waals surface area contributed by atoms with E-state index in [-0.39, 0.29) is 0 Å². The Kier molecular flexibility index (Phi) is 5.41. The van der Waals surface area contributed by atoms with Crippen molar-refractivity contribution in [2.75, 3.05) is 5.32 Å². The first kappa shape index (κ1) is 15.9. The van der Waals surface area contributed by atoms with Crippen molar-refractivity contribution in [1.29, 1.82) is 0 Å². The number of anilines is 2. The zero-order valence-electron chi connectivity index (χ0n) is 13.5. The quantitative estimate of drug-likeness (QED) is 0.786. The van der Waals surface area contributed by atoms with E-state index >= 15 is 0 Å². The van der Waals surface area contributed by atoms with E-state index in [1.807, 2.05) is 25.1 Å². The van der Waals surface area contributed by atoms with Crippen molar-refractivity contribution in [3.05, 3.63) is 36.2 Å². The van der Waals surface area contributed by atoms with Crippen LogP contribution in [0.3, 0.4) is 0 Å². The van der Waals surface area contributed by atoms with Crippen LogP contribution in [0.5, 0.6) is 0 Å². The molecule has 2 aromatic heterocycles. The standard InChI is InChI=1S/C16H22N6/c1-5-7-12(6-2)18-16-17-9-8-14(20-16)19-15-10-13(11(3)4)21-22-15/h5,7-11H,6H2,1-4H3,(H2,17,19,20,21,22)/b7-5-,18-12?. The number of aliphatic imine (C=N–C) groups is 1. The van der Waals surface area contributed by atoms with Crippen molar-refractivity contribution in [2.24, 2.45) is 4.99 Å². The first-order chi connectivity index (χ1) is 10.6. The minimum Gasteiger partial charge on any atom is -0.323 e. The Morgan fingerprint density at radius 2 is 2.23 bits per heavy atom. The van der Waals surface area contributed by atoms with Gasteiger partial charge in [0.05, 0.1) is 0 Å². The zero-order chi connectivity index (χ0) is 15.9. The van der Waals surface area contributed by atoms with Crippen LogP contribution in [0.1, 0.15) is 45.7 Å². The Morgan fingerprint density at radius 1 is 1.41 bits per heavy atom. The predicted molar refractivity (Wildman–Crippen MR) is 90.2 cm³/mol. The van der Waals surface area contributed by atoms with E-state index in [2.05, 4.69) is 51.2 Å². The van der Waals surface area contributed by atoms with Gasteiger partial charge in [-0.05, 0) is 31.4 Å². The van der Waals surface area contributed by atoms with E-state index in [1.54, 1.807) is 12.3 Å². The van der Waals surface area contributed by atoms with Crippen molar-refractivity contribution < 1.29 is 0 Å². The second-order valence-corrected chi connectivity index (χ2v) is 5.19. The Bertz CT molecular complexity index is 669. The second-order valence-electron chi connectivity index (χ2n) is 5.19. The van der Waals surface area contributed by atoms with Gasteiger partial charge in [0.1, 0.15) is 5.82 Å². The van der Waals surface area contributed by atoms with E-state index in [1.165, 1.54) is 0 Å². The van der Waals surface area contributed by atoms with E-state index in [0.29, 0.717) is 17.7 Å². The lowest BCUT2D eigenvalue weighted by Crippen LogP contribution is -1.96. The summed E-state index contributed by atoms with van der Waals surface area (Å²) in [6.07, 6.45) is 6.45. The maximum atomic E-state index is 4.44. The summed E-state index contributed by atoms with van der Waals surface area (Å²) in [7, 11) is 0. The third-order valence-electron chi connectivity index (χ3n) is 3.08. The van der Waals surface area contributed by atoms with E-state index in [4.69, 9.17) is 0 Å². The number of hydrogen-bond acceptors (Lipinski definition) is 5. The number of rotatable bonds is 6. The number of nitrogens with one attached hydrogen (secondary N) is 2. The maximum absolute atomic E-state index is 4.44. The summed E-state index contributed by atoms with van der Waals surface area (Å²) in [6.45, 7) is 8.25. The molecule has 116 valence electrons. The van der Waals surface area contributed by atoms with Gasteiger partial charge in [-0.2, -0.15) is 10.1 Å². The second kappa shape index (κ2) is 7.49. The monoisotopic (exact) mass is 298 g/mol. The molecule has 0 spiro atoms. The Balaban J connectivity index is 2.17. The van der Waals surface area contributed by atoms with Crippen LogP contribution in [-0.4, -0.2) is 25.9 Å². The maximum Gasteiger partial charge on any atom is 0.251 e. The predicted octanol–water partition coefficient (Wildman–Crippen LogP) is 4.13. The minimum atomic E-state index is 0.404. The molecule has 22 heavy (non-hydrogen) atoms. The van der Waals surface area contributed by atoms with Crippen LogP contribution >= 0.6 is 0 Å². The van der Waals surface area contributed by atoms with E-state index < -0.39 is 0 Å². The van der Waals surface area contributed by atoms with Gasteiger partial charge >= 0.3 is 0 Å². The highest BCUT2D eigenvalue weighted by Gasteiger charge is 2.06. The fraction of sp³-hybridized carbons (Fsp3) is 0.375. The average molecular weight is 298 g/mol. The fourth-order valence-corrected chi connectivity index (χ4v) is 1.85. The van der Waals surface area contributed by atoms with Gasteiger partial charge in [-0.1, -0.05) is 26.8 Å². The first-order valence-corrected chi connectivity index (χ1v) is 7.48. The highest BCUT2D eigenvalue weighted by atomic mass is 15.2. The molecular formula is C16H22N6. The van der Waals surface area contributed by atoms with Crippen LogP contribution in [0, 0.1) is 0 Å². The molecule has 0 aliphatic rings. The third kappa shape index (κ3) is 4.25. The molecule has 0 fully saturated rings. The van der Waals surface area contributed by atoms with Gasteiger partial charge in [-0.3, -0.25) is 5.10 Å². The zero-order valence-corrected chi connectivity index (χ0v) is 13.5. The molecule has 2 rings (SSSR count). The van der Waals surface area contributed by atoms with Gasteiger partial charge in [0, 0.05) is 23.7 Å². The fourth-order valence-electron chi connectivity index (χ4n) is 1.85. The molecule has 6 nitrogen and oxygen atoms in total. The molecule has 0 unspecified atom stereocenters. The minimum absolute atomic E-state index is 0.404. The van der Waals surface area contributed by atoms with Crippen LogP contribution in [0.15, 0.2) is 35.5 Å². The normalized spacial score (nSPS) is 12.3. The number of aromatic nitrogens is 4. The Hall–Kier alpha value is -2.50. The molecule has 6 heteroatoms. The average Bonchev–Trinajstić information content (AvgIpc) is 2.96. The summed E-state index contributed by atoms with van der Waals surface area (Å²) in [5.41, 5.74) is 2.03. The van der Waals surface area contributed by atoms with Crippen molar-refractivity contribution in [3.63, 3.8) is 0 Å². The summed E-state index contributed by atoms with van der Waals surface area (Å²) in [4.78, 5) is 13.0. The Labute approximate surface area is 130 Å². The van der Waals surface area contributed by atoms with Gasteiger partial charge in [-0.25, -0.2) is 9.98 Å².